The predicted octanol–water partition coefficient (Wildman–Crippen LogP) is 2.87. The monoisotopic (exact) mass is 321 g/mol. The summed E-state index contributed by atoms with van der Waals surface area (Å²) < 4.78 is 0. The summed E-state index contributed by atoms with van der Waals surface area (Å²) in [5.41, 5.74) is 1.72. The first kappa shape index (κ1) is 16.5. The molecule has 0 saturated carbocycles. The quantitative estimate of drug-likeness (QED) is 0.765. The van der Waals surface area contributed by atoms with Crippen LogP contribution in [0.1, 0.15) is 30.8 Å². The van der Waals surface area contributed by atoms with Crippen molar-refractivity contribution in [2.45, 2.75) is 26.3 Å². The lowest BCUT2D eigenvalue weighted by molar-refractivity contribution is 0.0886. The maximum atomic E-state index is 12.2. The zero-order chi connectivity index (χ0) is 16.1. The van der Waals surface area contributed by atoms with E-state index in [2.05, 4.69) is 15.5 Å². The summed E-state index contributed by atoms with van der Waals surface area (Å²) >= 11 is 6.13. The number of hydrogen-bond donors (Lipinski definition) is 3. The standard InChI is InChI=1S/C16H20ClN3O2/c1-3-10(2)15(9-21)18-16(22)14-8-13(19-20-14)11-6-4-5-7-12(11)17/h4-8,10,15,21H,3,9H2,1-2H3,(H,18,22)(H,19,20)/t10-,15+/m0/s1. The van der Waals surface area contributed by atoms with Crippen LogP contribution in [0.5, 0.6) is 0 Å². The van der Waals surface area contributed by atoms with E-state index in [4.69, 9.17) is 11.6 Å². The van der Waals surface area contributed by atoms with Gasteiger partial charge < -0.3 is 10.4 Å². The Labute approximate surface area is 134 Å². The van der Waals surface area contributed by atoms with Crippen LogP contribution in [0, 0.1) is 5.92 Å². The van der Waals surface area contributed by atoms with Crippen molar-refractivity contribution in [1.29, 1.82) is 0 Å². The summed E-state index contributed by atoms with van der Waals surface area (Å²) in [4.78, 5) is 12.2. The number of rotatable bonds is 6. The van der Waals surface area contributed by atoms with Gasteiger partial charge in [0.1, 0.15) is 5.69 Å². The third-order valence-electron chi connectivity index (χ3n) is 3.82. The van der Waals surface area contributed by atoms with Gasteiger partial charge in [0, 0.05) is 5.56 Å². The first-order valence-corrected chi connectivity index (χ1v) is 7.66. The number of carbonyl (C=O) groups is 1. The van der Waals surface area contributed by atoms with E-state index in [0.29, 0.717) is 16.4 Å². The highest BCUT2D eigenvalue weighted by Gasteiger charge is 2.20. The molecule has 22 heavy (non-hydrogen) atoms. The van der Waals surface area contributed by atoms with Crippen molar-refractivity contribution in [3.8, 4) is 11.3 Å². The lowest BCUT2D eigenvalue weighted by Gasteiger charge is -2.21. The highest BCUT2D eigenvalue weighted by atomic mass is 35.5. The van der Waals surface area contributed by atoms with Crippen molar-refractivity contribution >= 4 is 17.5 Å². The summed E-state index contributed by atoms with van der Waals surface area (Å²) in [7, 11) is 0. The second kappa shape index (κ2) is 7.42. The van der Waals surface area contributed by atoms with Gasteiger partial charge >= 0.3 is 0 Å². The number of amides is 1. The topological polar surface area (TPSA) is 78.0 Å². The molecular formula is C16H20ClN3O2. The van der Waals surface area contributed by atoms with E-state index in [1.165, 1.54) is 0 Å². The van der Waals surface area contributed by atoms with Crippen molar-refractivity contribution in [3.63, 3.8) is 0 Å². The Kier molecular flexibility index (Phi) is 5.57. The molecule has 5 nitrogen and oxygen atoms in total. The lowest BCUT2D eigenvalue weighted by atomic mass is 10.00. The van der Waals surface area contributed by atoms with Gasteiger partial charge in [0.05, 0.1) is 23.4 Å². The minimum absolute atomic E-state index is 0.0910. The lowest BCUT2D eigenvalue weighted by Crippen LogP contribution is -2.42. The van der Waals surface area contributed by atoms with Gasteiger partial charge in [-0.25, -0.2) is 0 Å². The van der Waals surface area contributed by atoms with Crippen LogP contribution in [0.4, 0.5) is 0 Å². The third kappa shape index (κ3) is 3.67. The fraction of sp³-hybridized carbons (Fsp3) is 0.375. The number of carbonyl (C=O) groups excluding carboxylic acids is 1. The predicted molar refractivity (Wildman–Crippen MR) is 86.8 cm³/mol. The Bertz CT molecular complexity index is 642. The Morgan fingerprint density at radius 2 is 2.18 bits per heavy atom. The smallest absolute Gasteiger partial charge is 0.269 e. The van der Waals surface area contributed by atoms with Crippen LogP contribution in [0.25, 0.3) is 11.3 Å². The number of H-pyrrole nitrogens is 1. The number of halogens is 1. The van der Waals surface area contributed by atoms with E-state index in [-0.39, 0.29) is 24.5 Å². The zero-order valence-electron chi connectivity index (χ0n) is 12.6. The fourth-order valence-corrected chi connectivity index (χ4v) is 2.38. The van der Waals surface area contributed by atoms with E-state index < -0.39 is 0 Å². The summed E-state index contributed by atoms with van der Waals surface area (Å²) in [6, 6.07) is 8.70. The minimum atomic E-state index is -0.287. The number of aliphatic hydroxyl groups excluding tert-OH is 1. The van der Waals surface area contributed by atoms with Gasteiger partial charge in [-0.05, 0) is 18.1 Å². The van der Waals surface area contributed by atoms with Gasteiger partial charge in [-0.1, -0.05) is 50.1 Å². The fourth-order valence-electron chi connectivity index (χ4n) is 2.14. The second-order valence-electron chi connectivity index (χ2n) is 5.29. The molecule has 0 spiro atoms. The molecule has 1 heterocycles. The summed E-state index contributed by atoms with van der Waals surface area (Å²) in [5, 5.41) is 19.6. The number of nitrogens with one attached hydrogen (secondary N) is 2. The molecule has 0 fully saturated rings. The molecule has 0 bridgehead atoms. The molecule has 1 aromatic carbocycles. The summed E-state index contributed by atoms with van der Waals surface area (Å²) in [6.07, 6.45) is 0.874. The Balaban J connectivity index is 2.14. The van der Waals surface area contributed by atoms with Gasteiger partial charge in [0.2, 0.25) is 0 Å². The molecule has 6 heteroatoms. The van der Waals surface area contributed by atoms with E-state index in [0.717, 1.165) is 12.0 Å². The molecular weight excluding hydrogens is 302 g/mol. The summed E-state index contributed by atoms with van der Waals surface area (Å²) in [6.45, 7) is 3.92. The molecule has 0 radical (unpaired) electrons. The van der Waals surface area contributed by atoms with Crippen molar-refractivity contribution in [1.82, 2.24) is 15.5 Å². The molecule has 118 valence electrons. The number of hydrogen-bond acceptors (Lipinski definition) is 3. The number of nitrogens with zero attached hydrogens (tertiary/aromatic N) is 1. The number of aromatic nitrogens is 2. The number of benzene rings is 1. The van der Waals surface area contributed by atoms with E-state index in [1.807, 2.05) is 32.0 Å². The molecule has 1 amide bonds. The largest absolute Gasteiger partial charge is 0.394 e. The van der Waals surface area contributed by atoms with Crippen LogP contribution in [0.3, 0.4) is 0 Å². The second-order valence-corrected chi connectivity index (χ2v) is 5.70. The average Bonchev–Trinajstić information content (AvgIpc) is 3.02. The van der Waals surface area contributed by atoms with Gasteiger partial charge in [0.15, 0.2) is 0 Å². The van der Waals surface area contributed by atoms with Crippen LogP contribution < -0.4 is 5.32 Å². The van der Waals surface area contributed by atoms with Crippen LogP contribution in [0.2, 0.25) is 5.02 Å². The maximum absolute atomic E-state index is 12.2. The molecule has 0 saturated heterocycles. The Morgan fingerprint density at radius 3 is 2.82 bits per heavy atom. The molecule has 1 aromatic heterocycles. The SMILES string of the molecule is CC[C@H](C)[C@@H](CO)NC(=O)c1cc(-c2ccccc2Cl)n[nH]1. The van der Waals surface area contributed by atoms with Gasteiger partial charge in [0.25, 0.3) is 5.91 Å². The molecule has 2 rings (SSSR count). The van der Waals surface area contributed by atoms with Crippen LogP contribution in [-0.4, -0.2) is 33.9 Å². The van der Waals surface area contributed by atoms with E-state index in [1.54, 1.807) is 12.1 Å². The average molecular weight is 322 g/mol. The highest BCUT2D eigenvalue weighted by Crippen LogP contribution is 2.26. The molecule has 0 unspecified atom stereocenters. The molecule has 0 aliphatic heterocycles. The number of aliphatic hydroxyl groups is 1. The van der Waals surface area contributed by atoms with Gasteiger partial charge in [-0.3, -0.25) is 9.89 Å². The van der Waals surface area contributed by atoms with Gasteiger partial charge in [-0.15, -0.1) is 0 Å². The third-order valence-corrected chi connectivity index (χ3v) is 4.15. The van der Waals surface area contributed by atoms with Crippen LogP contribution >= 0.6 is 11.6 Å². The first-order valence-electron chi connectivity index (χ1n) is 7.28. The molecule has 0 aliphatic carbocycles. The minimum Gasteiger partial charge on any atom is -0.394 e. The normalized spacial score (nSPS) is 13.6. The van der Waals surface area contributed by atoms with Crippen LogP contribution in [0.15, 0.2) is 30.3 Å². The maximum Gasteiger partial charge on any atom is 0.269 e. The van der Waals surface area contributed by atoms with Crippen LogP contribution in [-0.2, 0) is 0 Å². The molecule has 3 N–H and O–H groups in total. The van der Waals surface area contributed by atoms with E-state index >= 15 is 0 Å². The molecule has 2 atom stereocenters. The first-order chi connectivity index (χ1) is 10.6. The molecule has 2 aromatic rings. The number of aromatic amines is 1. The van der Waals surface area contributed by atoms with E-state index in [9.17, 15) is 9.90 Å². The summed E-state index contributed by atoms with van der Waals surface area (Å²) in [5.74, 6) is -0.0925. The Hall–Kier alpha value is -1.85. The van der Waals surface area contributed by atoms with Crippen molar-refractivity contribution in [3.05, 3.63) is 41.0 Å². The molecule has 0 aliphatic rings. The van der Waals surface area contributed by atoms with Crippen molar-refractivity contribution in [2.24, 2.45) is 5.92 Å². The highest BCUT2D eigenvalue weighted by molar-refractivity contribution is 6.33. The van der Waals surface area contributed by atoms with Crippen molar-refractivity contribution in [2.75, 3.05) is 6.61 Å². The van der Waals surface area contributed by atoms with Gasteiger partial charge in [-0.2, -0.15) is 5.10 Å². The van der Waals surface area contributed by atoms with Crippen molar-refractivity contribution < 1.29 is 9.90 Å². The zero-order valence-corrected chi connectivity index (χ0v) is 13.4. The Morgan fingerprint density at radius 1 is 1.45 bits per heavy atom.